The number of nitrogens with one attached hydrogen (secondary N) is 1. The van der Waals surface area contributed by atoms with E-state index in [1.165, 1.54) is 42.5 Å². The third-order valence-corrected chi connectivity index (χ3v) is 5.11. The molecule has 0 fully saturated rings. The van der Waals surface area contributed by atoms with Crippen LogP contribution in [0.1, 0.15) is 27.0 Å². The Hall–Kier alpha value is -3.04. The Morgan fingerprint density at radius 3 is 2.72 bits per heavy atom. The zero-order valence-corrected chi connectivity index (χ0v) is 16.9. The standard InChI is InChI=1S/C19H17ClN2O6S/c1-12(23)21-9-8-14-4-6-18(29-14)17(24)11-28-19(25)7-3-13-2-5-15(20)16(10-13)22(26)27/h2-7,10H,8-9,11H2,1H3,(H,21,23)/b7-3+. The molecule has 0 aliphatic rings. The molecular formula is C19H17ClN2O6S. The summed E-state index contributed by atoms with van der Waals surface area (Å²) < 4.78 is 4.92. The first-order valence-corrected chi connectivity index (χ1v) is 9.61. The zero-order chi connectivity index (χ0) is 21.4. The number of halogens is 1. The molecule has 1 N–H and O–H groups in total. The van der Waals surface area contributed by atoms with Crippen molar-refractivity contribution in [1.29, 1.82) is 0 Å². The molecule has 1 aromatic carbocycles. The van der Waals surface area contributed by atoms with E-state index in [1.54, 1.807) is 12.1 Å². The van der Waals surface area contributed by atoms with E-state index in [9.17, 15) is 24.5 Å². The molecule has 8 nitrogen and oxygen atoms in total. The maximum atomic E-state index is 12.1. The Morgan fingerprint density at radius 1 is 1.28 bits per heavy atom. The monoisotopic (exact) mass is 436 g/mol. The molecule has 0 atom stereocenters. The van der Waals surface area contributed by atoms with Gasteiger partial charge in [0.25, 0.3) is 5.69 Å². The van der Waals surface area contributed by atoms with Gasteiger partial charge in [-0.2, -0.15) is 0 Å². The number of carbonyl (C=O) groups excluding carboxylic acids is 3. The Morgan fingerprint density at radius 2 is 2.03 bits per heavy atom. The van der Waals surface area contributed by atoms with Crippen LogP contribution >= 0.6 is 22.9 Å². The highest BCUT2D eigenvalue weighted by atomic mass is 35.5. The van der Waals surface area contributed by atoms with Crippen molar-refractivity contribution in [2.24, 2.45) is 0 Å². The van der Waals surface area contributed by atoms with Gasteiger partial charge in [0.05, 0.1) is 9.80 Å². The molecule has 2 aromatic rings. The SMILES string of the molecule is CC(=O)NCCc1ccc(C(=O)COC(=O)/C=C/c2ccc(Cl)c([N+](=O)[O-])c2)s1. The zero-order valence-electron chi connectivity index (χ0n) is 15.3. The summed E-state index contributed by atoms with van der Waals surface area (Å²) in [5.41, 5.74) is 0.121. The number of ketones is 1. The number of hydrogen-bond acceptors (Lipinski definition) is 7. The van der Waals surface area contributed by atoms with Gasteiger partial charge in [-0.15, -0.1) is 11.3 Å². The molecule has 0 aliphatic carbocycles. The van der Waals surface area contributed by atoms with Crippen LogP contribution in [-0.4, -0.2) is 35.7 Å². The molecular weight excluding hydrogens is 420 g/mol. The lowest BCUT2D eigenvalue weighted by Crippen LogP contribution is -2.22. The van der Waals surface area contributed by atoms with Crippen LogP contribution in [-0.2, 0) is 20.7 Å². The first-order valence-electron chi connectivity index (χ1n) is 8.41. The molecule has 0 saturated carbocycles. The predicted octanol–water partition coefficient (Wildman–Crippen LogP) is 3.43. The number of nitro groups is 1. The van der Waals surface area contributed by atoms with Crippen LogP contribution < -0.4 is 5.32 Å². The normalized spacial score (nSPS) is 10.7. The van der Waals surface area contributed by atoms with Gasteiger partial charge in [-0.05, 0) is 36.3 Å². The molecule has 29 heavy (non-hydrogen) atoms. The number of nitro benzene ring substituents is 1. The van der Waals surface area contributed by atoms with E-state index in [0.717, 1.165) is 11.0 Å². The van der Waals surface area contributed by atoms with Gasteiger partial charge >= 0.3 is 5.97 Å². The minimum atomic E-state index is -0.751. The maximum absolute atomic E-state index is 12.1. The van der Waals surface area contributed by atoms with Crippen LogP contribution in [0.3, 0.4) is 0 Å². The molecule has 0 spiro atoms. The van der Waals surface area contributed by atoms with Gasteiger partial charge in [0.2, 0.25) is 11.7 Å². The van der Waals surface area contributed by atoms with Gasteiger partial charge in [-0.1, -0.05) is 17.7 Å². The summed E-state index contributed by atoms with van der Waals surface area (Å²) in [7, 11) is 0. The van der Waals surface area contributed by atoms with Gasteiger partial charge in [-0.25, -0.2) is 4.79 Å². The van der Waals surface area contributed by atoms with Gasteiger partial charge in [0.1, 0.15) is 5.02 Å². The van der Waals surface area contributed by atoms with E-state index in [2.05, 4.69) is 5.32 Å². The molecule has 10 heteroatoms. The highest BCUT2D eigenvalue weighted by molar-refractivity contribution is 7.14. The fraction of sp³-hybridized carbons (Fsp3) is 0.211. The molecule has 1 heterocycles. The number of amides is 1. The number of nitrogens with zero attached hydrogens (tertiary/aromatic N) is 1. The van der Waals surface area contributed by atoms with Crippen molar-refractivity contribution in [1.82, 2.24) is 5.32 Å². The van der Waals surface area contributed by atoms with Gasteiger partial charge < -0.3 is 10.1 Å². The predicted molar refractivity (Wildman–Crippen MR) is 109 cm³/mol. The van der Waals surface area contributed by atoms with Crippen molar-refractivity contribution in [3.05, 3.63) is 66.9 Å². The highest BCUT2D eigenvalue weighted by Gasteiger charge is 2.13. The Bertz CT molecular complexity index is 969. The van der Waals surface area contributed by atoms with Crippen molar-refractivity contribution in [3.8, 4) is 0 Å². The van der Waals surface area contributed by atoms with E-state index in [0.29, 0.717) is 23.4 Å². The molecule has 1 amide bonds. The highest BCUT2D eigenvalue weighted by Crippen LogP contribution is 2.25. The lowest BCUT2D eigenvalue weighted by Gasteiger charge is -2.01. The molecule has 0 unspecified atom stereocenters. The van der Waals surface area contributed by atoms with E-state index < -0.39 is 17.5 Å². The number of carbonyl (C=O) groups is 3. The number of thiophene rings is 1. The van der Waals surface area contributed by atoms with Crippen LogP contribution in [0, 0.1) is 10.1 Å². The van der Waals surface area contributed by atoms with Crippen LogP contribution in [0.25, 0.3) is 6.08 Å². The molecule has 0 radical (unpaired) electrons. The van der Waals surface area contributed by atoms with Crippen molar-refractivity contribution < 1.29 is 24.0 Å². The van der Waals surface area contributed by atoms with Crippen LogP contribution in [0.15, 0.2) is 36.4 Å². The lowest BCUT2D eigenvalue weighted by atomic mass is 10.2. The van der Waals surface area contributed by atoms with Crippen LogP contribution in [0.2, 0.25) is 5.02 Å². The number of ether oxygens (including phenoxy) is 1. The molecule has 0 saturated heterocycles. The molecule has 0 aliphatic heterocycles. The summed E-state index contributed by atoms with van der Waals surface area (Å²) in [4.78, 5) is 46.4. The summed E-state index contributed by atoms with van der Waals surface area (Å²) in [6.07, 6.45) is 3.02. The summed E-state index contributed by atoms with van der Waals surface area (Å²) >= 11 is 7.00. The van der Waals surface area contributed by atoms with E-state index in [-0.39, 0.29) is 22.4 Å². The Labute approximate surface area is 175 Å². The number of Topliss-reactive ketones (excluding diaryl/α,β-unsaturated/α-hetero) is 1. The third kappa shape index (κ3) is 7.13. The van der Waals surface area contributed by atoms with Crippen molar-refractivity contribution in [3.63, 3.8) is 0 Å². The second-order valence-corrected chi connectivity index (χ2v) is 7.41. The first kappa shape index (κ1) is 22.3. The largest absolute Gasteiger partial charge is 0.454 e. The van der Waals surface area contributed by atoms with Crippen LogP contribution in [0.5, 0.6) is 0 Å². The smallest absolute Gasteiger partial charge is 0.331 e. The molecule has 1 aromatic heterocycles. The van der Waals surface area contributed by atoms with Gasteiger partial charge in [0, 0.05) is 30.5 Å². The number of benzene rings is 1. The maximum Gasteiger partial charge on any atom is 0.331 e. The van der Waals surface area contributed by atoms with Crippen molar-refractivity contribution in [2.75, 3.05) is 13.2 Å². The summed E-state index contributed by atoms with van der Waals surface area (Å²) in [5.74, 6) is -1.21. The van der Waals surface area contributed by atoms with E-state index in [1.807, 2.05) is 0 Å². The molecule has 0 bridgehead atoms. The summed E-state index contributed by atoms with van der Waals surface area (Å²) in [5, 5.41) is 13.5. The van der Waals surface area contributed by atoms with Gasteiger partial charge in [0.15, 0.2) is 6.61 Å². The van der Waals surface area contributed by atoms with E-state index >= 15 is 0 Å². The lowest BCUT2D eigenvalue weighted by molar-refractivity contribution is -0.384. The third-order valence-electron chi connectivity index (χ3n) is 3.61. The van der Waals surface area contributed by atoms with Crippen molar-refractivity contribution >= 4 is 52.4 Å². The van der Waals surface area contributed by atoms with E-state index in [4.69, 9.17) is 16.3 Å². The Balaban J connectivity index is 1.86. The summed E-state index contributed by atoms with van der Waals surface area (Å²) in [6.45, 7) is 1.49. The fourth-order valence-electron chi connectivity index (χ4n) is 2.22. The quantitative estimate of drug-likeness (QED) is 0.212. The summed E-state index contributed by atoms with van der Waals surface area (Å²) in [6, 6.07) is 7.53. The molecule has 152 valence electrons. The number of hydrogen-bond donors (Lipinski definition) is 1. The average molecular weight is 437 g/mol. The number of esters is 1. The second-order valence-electron chi connectivity index (χ2n) is 5.83. The second kappa shape index (κ2) is 10.5. The van der Waals surface area contributed by atoms with Gasteiger partial charge in [-0.3, -0.25) is 19.7 Å². The molecule has 2 rings (SSSR count). The first-order chi connectivity index (χ1) is 13.8. The van der Waals surface area contributed by atoms with Crippen molar-refractivity contribution in [2.45, 2.75) is 13.3 Å². The average Bonchev–Trinajstić information content (AvgIpc) is 3.14. The van der Waals surface area contributed by atoms with Crippen LogP contribution in [0.4, 0.5) is 5.69 Å². The minimum absolute atomic E-state index is 0.00675. The Kier molecular flexibility index (Phi) is 8.05. The fourth-order valence-corrected chi connectivity index (χ4v) is 3.34. The topological polar surface area (TPSA) is 116 Å². The minimum Gasteiger partial charge on any atom is -0.454 e. The number of rotatable bonds is 9.